The van der Waals surface area contributed by atoms with Crippen LogP contribution in [0.5, 0.6) is 0 Å². The van der Waals surface area contributed by atoms with Gasteiger partial charge in [-0.3, -0.25) is 0 Å². The van der Waals surface area contributed by atoms with E-state index in [2.05, 4.69) is 5.32 Å². The summed E-state index contributed by atoms with van der Waals surface area (Å²) in [5, 5.41) is 3.29. The third-order valence-corrected chi connectivity index (χ3v) is 5.96. The molecule has 0 aliphatic carbocycles. The fourth-order valence-corrected chi connectivity index (χ4v) is 4.59. The molecular weight excluding hydrogens is 306 g/mol. The van der Waals surface area contributed by atoms with Crippen molar-refractivity contribution in [2.45, 2.75) is 32.2 Å². The van der Waals surface area contributed by atoms with Crippen molar-refractivity contribution in [3.8, 4) is 0 Å². The van der Waals surface area contributed by atoms with E-state index in [1.807, 2.05) is 6.92 Å². The van der Waals surface area contributed by atoms with E-state index in [4.69, 9.17) is 9.47 Å². The van der Waals surface area contributed by atoms with Gasteiger partial charge in [-0.2, -0.15) is 17.0 Å². The number of methoxy groups -OCH3 is 2. The summed E-state index contributed by atoms with van der Waals surface area (Å²) >= 11 is 0. The van der Waals surface area contributed by atoms with E-state index in [-0.39, 0.29) is 6.04 Å². The molecule has 0 saturated carbocycles. The Morgan fingerprint density at radius 3 is 2.05 bits per heavy atom. The number of hydrogen-bond acceptors (Lipinski definition) is 5. The molecule has 1 aliphatic rings. The van der Waals surface area contributed by atoms with Crippen LogP contribution in [0.15, 0.2) is 0 Å². The number of nitrogens with one attached hydrogen (secondary N) is 1. The van der Waals surface area contributed by atoms with E-state index < -0.39 is 10.2 Å². The summed E-state index contributed by atoms with van der Waals surface area (Å²) in [7, 11) is -0.328. The van der Waals surface area contributed by atoms with Crippen LogP contribution in [-0.2, 0) is 19.7 Å². The van der Waals surface area contributed by atoms with Gasteiger partial charge in [0.15, 0.2) is 0 Å². The van der Waals surface area contributed by atoms with Gasteiger partial charge in [-0.25, -0.2) is 0 Å². The molecule has 0 aromatic heterocycles. The average Bonchev–Trinajstić information content (AvgIpc) is 2.53. The maximum Gasteiger partial charge on any atom is 0.282 e. The predicted octanol–water partition coefficient (Wildman–Crippen LogP) is 0.290. The molecule has 132 valence electrons. The molecular formula is C14H31N3O4S. The molecule has 0 bridgehead atoms. The third-order valence-electron chi connectivity index (χ3n) is 3.87. The molecule has 0 spiro atoms. The van der Waals surface area contributed by atoms with Crippen LogP contribution in [0.3, 0.4) is 0 Å². The highest BCUT2D eigenvalue weighted by atomic mass is 32.2. The fraction of sp³-hybridized carbons (Fsp3) is 1.00. The van der Waals surface area contributed by atoms with Gasteiger partial charge in [0.2, 0.25) is 0 Å². The number of ether oxygens (including phenoxy) is 2. The second-order valence-corrected chi connectivity index (χ2v) is 7.37. The normalized spacial score (nSPS) is 17.5. The number of nitrogens with zero attached hydrogens (tertiary/aromatic N) is 2. The smallest absolute Gasteiger partial charge is 0.282 e. The van der Waals surface area contributed by atoms with E-state index in [1.165, 1.54) is 4.31 Å². The maximum absolute atomic E-state index is 13.1. The minimum Gasteiger partial charge on any atom is -0.383 e. The first kappa shape index (κ1) is 19.8. The average molecular weight is 337 g/mol. The summed E-state index contributed by atoms with van der Waals surface area (Å²) in [6.45, 7) is 5.79. The molecule has 0 aromatic rings. The first-order chi connectivity index (χ1) is 10.6. The van der Waals surface area contributed by atoms with Crippen LogP contribution in [0.25, 0.3) is 0 Å². The van der Waals surface area contributed by atoms with Crippen LogP contribution in [0.4, 0.5) is 0 Å². The summed E-state index contributed by atoms with van der Waals surface area (Å²) in [5.74, 6) is 0. The highest BCUT2D eigenvalue weighted by Gasteiger charge is 2.34. The SMILES string of the molecule is CCCN(C1CCNCC1)S(=O)(=O)N(CCOC)CCOC. The van der Waals surface area contributed by atoms with Crippen LogP contribution >= 0.6 is 0 Å². The summed E-state index contributed by atoms with van der Waals surface area (Å²) in [6.07, 6.45) is 2.54. The molecule has 0 amide bonds. The van der Waals surface area contributed by atoms with Crippen molar-refractivity contribution in [1.29, 1.82) is 0 Å². The quantitative estimate of drug-likeness (QED) is 0.587. The molecule has 1 N–H and O–H groups in total. The Labute approximate surface area is 135 Å². The largest absolute Gasteiger partial charge is 0.383 e. The van der Waals surface area contributed by atoms with Gasteiger partial charge in [0.25, 0.3) is 10.2 Å². The van der Waals surface area contributed by atoms with Crippen molar-refractivity contribution in [2.75, 3.05) is 60.2 Å². The van der Waals surface area contributed by atoms with E-state index in [9.17, 15) is 8.42 Å². The van der Waals surface area contributed by atoms with Crippen molar-refractivity contribution >= 4 is 10.2 Å². The minimum absolute atomic E-state index is 0.0822. The molecule has 0 unspecified atom stereocenters. The Bertz CT molecular complexity index is 378. The Kier molecular flexibility index (Phi) is 9.46. The fourth-order valence-electron chi connectivity index (χ4n) is 2.68. The molecule has 7 nitrogen and oxygen atoms in total. The summed E-state index contributed by atoms with van der Waals surface area (Å²) < 4.78 is 39.4. The van der Waals surface area contributed by atoms with Gasteiger partial charge in [-0.15, -0.1) is 0 Å². The molecule has 8 heteroatoms. The Hall–Kier alpha value is -0.250. The van der Waals surface area contributed by atoms with Crippen LogP contribution in [-0.4, -0.2) is 83.2 Å². The standard InChI is InChI=1S/C14H31N3O4S/c1-4-9-17(14-5-7-15-8-6-14)22(18,19)16(10-12-20-2)11-13-21-3/h14-15H,4-13H2,1-3H3. The molecule has 1 heterocycles. The van der Waals surface area contributed by atoms with Crippen LogP contribution in [0.2, 0.25) is 0 Å². The number of hydrogen-bond donors (Lipinski definition) is 1. The van der Waals surface area contributed by atoms with Crippen LogP contribution in [0, 0.1) is 0 Å². The van der Waals surface area contributed by atoms with E-state index in [0.717, 1.165) is 32.4 Å². The van der Waals surface area contributed by atoms with Crippen molar-refractivity contribution < 1.29 is 17.9 Å². The molecule has 1 fully saturated rings. The van der Waals surface area contributed by atoms with E-state index >= 15 is 0 Å². The summed E-state index contributed by atoms with van der Waals surface area (Å²) in [5.41, 5.74) is 0. The molecule has 0 atom stereocenters. The molecule has 0 radical (unpaired) electrons. The number of rotatable bonds is 11. The molecule has 1 saturated heterocycles. The van der Waals surface area contributed by atoms with Crippen molar-refractivity contribution in [2.24, 2.45) is 0 Å². The zero-order chi connectivity index (χ0) is 16.4. The zero-order valence-electron chi connectivity index (χ0n) is 14.1. The van der Waals surface area contributed by atoms with Crippen molar-refractivity contribution in [1.82, 2.24) is 13.9 Å². The molecule has 0 aromatic carbocycles. The second-order valence-electron chi connectivity index (χ2n) is 5.48. The van der Waals surface area contributed by atoms with E-state index in [1.54, 1.807) is 18.5 Å². The van der Waals surface area contributed by atoms with Gasteiger partial charge < -0.3 is 14.8 Å². The first-order valence-electron chi connectivity index (χ1n) is 8.03. The minimum atomic E-state index is -3.49. The summed E-state index contributed by atoms with van der Waals surface area (Å²) in [6, 6.07) is 0.0822. The number of piperidine rings is 1. The topological polar surface area (TPSA) is 71.1 Å². The van der Waals surface area contributed by atoms with Gasteiger partial charge in [-0.1, -0.05) is 6.92 Å². The monoisotopic (exact) mass is 337 g/mol. The van der Waals surface area contributed by atoms with Crippen LogP contribution < -0.4 is 5.32 Å². The van der Waals surface area contributed by atoms with Gasteiger partial charge in [-0.05, 0) is 32.4 Å². The van der Waals surface area contributed by atoms with Gasteiger partial charge in [0.05, 0.1) is 13.2 Å². The van der Waals surface area contributed by atoms with Gasteiger partial charge in [0, 0.05) is 39.9 Å². The lowest BCUT2D eigenvalue weighted by atomic mass is 10.1. The Balaban J connectivity index is 2.88. The van der Waals surface area contributed by atoms with Crippen molar-refractivity contribution in [3.63, 3.8) is 0 Å². The van der Waals surface area contributed by atoms with Gasteiger partial charge >= 0.3 is 0 Å². The van der Waals surface area contributed by atoms with E-state index in [0.29, 0.717) is 32.8 Å². The Morgan fingerprint density at radius 2 is 1.59 bits per heavy atom. The van der Waals surface area contributed by atoms with Gasteiger partial charge in [0.1, 0.15) is 0 Å². The van der Waals surface area contributed by atoms with Crippen molar-refractivity contribution in [3.05, 3.63) is 0 Å². The molecule has 1 rings (SSSR count). The Morgan fingerprint density at radius 1 is 1.05 bits per heavy atom. The highest BCUT2D eigenvalue weighted by molar-refractivity contribution is 7.86. The summed E-state index contributed by atoms with van der Waals surface area (Å²) in [4.78, 5) is 0. The lowest BCUT2D eigenvalue weighted by molar-refractivity contribution is 0.143. The second kappa shape index (κ2) is 10.5. The molecule has 22 heavy (non-hydrogen) atoms. The lowest BCUT2D eigenvalue weighted by Gasteiger charge is -2.37. The highest BCUT2D eigenvalue weighted by Crippen LogP contribution is 2.19. The predicted molar refractivity (Wildman–Crippen MR) is 87.1 cm³/mol. The molecule has 1 aliphatic heterocycles. The zero-order valence-corrected chi connectivity index (χ0v) is 14.9. The maximum atomic E-state index is 13.1. The first-order valence-corrected chi connectivity index (χ1v) is 9.43. The third kappa shape index (κ3) is 5.75. The van der Waals surface area contributed by atoms with Crippen LogP contribution in [0.1, 0.15) is 26.2 Å². The lowest BCUT2D eigenvalue weighted by Crippen LogP contribution is -2.53.